The molecule has 0 aromatic rings. The summed E-state index contributed by atoms with van der Waals surface area (Å²) in [6.45, 7) is 5.15. The minimum absolute atomic E-state index is 0. The van der Waals surface area contributed by atoms with E-state index in [1.807, 2.05) is 0 Å². The van der Waals surface area contributed by atoms with Crippen molar-refractivity contribution in [3.8, 4) is 0 Å². The Kier molecular flexibility index (Phi) is 4.71. The molecule has 2 fully saturated rings. The zero-order valence-corrected chi connectivity index (χ0v) is 8.38. The van der Waals surface area contributed by atoms with Crippen molar-refractivity contribution in [1.82, 2.24) is 10.2 Å². The van der Waals surface area contributed by atoms with Crippen LogP contribution in [0.5, 0.6) is 0 Å². The SMILES string of the molecule is CN1C[C@H]2CNC[C@H]2C1.Cl.Cl. The summed E-state index contributed by atoms with van der Waals surface area (Å²) in [6, 6.07) is 0. The predicted octanol–water partition coefficient (Wildman–Crippen LogP) is 0.611. The van der Waals surface area contributed by atoms with Crippen LogP contribution in [0.4, 0.5) is 0 Å². The molecular formula is C7H16Cl2N2. The van der Waals surface area contributed by atoms with Gasteiger partial charge in [0.2, 0.25) is 0 Å². The largest absolute Gasteiger partial charge is 0.316 e. The van der Waals surface area contributed by atoms with Gasteiger partial charge in [-0.2, -0.15) is 0 Å². The molecule has 0 saturated carbocycles. The summed E-state index contributed by atoms with van der Waals surface area (Å²) in [4.78, 5) is 2.44. The minimum atomic E-state index is 0. The second-order valence-electron chi connectivity index (χ2n) is 3.40. The maximum Gasteiger partial charge on any atom is 0.00225 e. The van der Waals surface area contributed by atoms with Crippen LogP contribution in [0.15, 0.2) is 0 Å². The standard InChI is InChI=1S/C7H14N2.2ClH/c1-9-4-6-2-8-3-7(6)5-9;;/h6-8H,2-5H2,1H3;2*1H/t6-,7+;;. The summed E-state index contributed by atoms with van der Waals surface area (Å²) in [5.74, 6) is 1.94. The second-order valence-corrected chi connectivity index (χ2v) is 3.40. The number of halogens is 2. The molecular weight excluding hydrogens is 183 g/mol. The number of likely N-dealkylation sites (tertiary alicyclic amines) is 1. The van der Waals surface area contributed by atoms with Gasteiger partial charge in [-0.1, -0.05) is 0 Å². The van der Waals surface area contributed by atoms with Gasteiger partial charge in [0.15, 0.2) is 0 Å². The highest BCUT2D eigenvalue weighted by atomic mass is 35.5. The number of fused-ring (bicyclic) bond motifs is 1. The molecule has 11 heavy (non-hydrogen) atoms. The third-order valence-electron chi connectivity index (χ3n) is 2.57. The topological polar surface area (TPSA) is 15.3 Å². The lowest BCUT2D eigenvalue weighted by Gasteiger charge is -2.07. The molecule has 0 unspecified atom stereocenters. The first-order valence-electron chi connectivity index (χ1n) is 3.75. The van der Waals surface area contributed by atoms with Crippen molar-refractivity contribution >= 4 is 24.8 Å². The predicted molar refractivity (Wildman–Crippen MR) is 51.8 cm³/mol. The maximum absolute atomic E-state index is 3.42. The molecule has 68 valence electrons. The lowest BCUT2D eigenvalue weighted by atomic mass is 10.0. The number of rotatable bonds is 0. The van der Waals surface area contributed by atoms with E-state index in [9.17, 15) is 0 Å². The maximum atomic E-state index is 3.42. The van der Waals surface area contributed by atoms with Crippen molar-refractivity contribution in [2.24, 2.45) is 11.8 Å². The molecule has 2 aliphatic rings. The number of hydrogen-bond acceptors (Lipinski definition) is 2. The minimum Gasteiger partial charge on any atom is -0.316 e. The highest BCUT2D eigenvalue weighted by molar-refractivity contribution is 5.85. The molecule has 0 amide bonds. The second kappa shape index (κ2) is 4.51. The van der Waals surface area contributed by atoms with E-state index in [1.54, 1.807) is 0 Å². The molecule has 2 heterocycles. The Balaban J connectivity index is 0.000000500. The summed E-state index contributed by atoms with van der Waals surface area (Å²) < 4.78 is 0. The molecule has 0 aromatic heterocycles. The van der Waals surface area contributed by atoms with Crippen LogP contribution in [-0.2, 0) is 0 Å². The van der Waals surface area contributed by atoms with E-state index in [4.69, 9.17) is 0 Å². The molecule has 2 saturated heterocycles. The van der Waals surface area contributed by atoms with E-state index in [-0.39, 0.29) is 24.8 Å². The van der Waals surface area contributed by atoms with Gasteiger partial charge < -0.3 is 10.2 Å². The first kappa shape index (κ1) is 11.5. The molecule has 0 radical (unpaired) electrons. The Morgan fingerprint density at radius 3 is 2.00 bits per heavy atom. The third-order valence-corrected chi connectivity index (χ3v) is 2.57. The van der Waals surface area contributed by atoms with Gasteiger partial charge in [0.25, 0.3) is 0 Å². The van der Waals surface area contributed by atoms with Crippen LogP contribution >= 0.6 is 24.8 Å². The van der Waals surface area contributed by atoms with Gasteiger partial charge in [-0.25, -0.2) is 0 Å². The molecule has 1 N–H and O–H groups in total. The third kappa shape index (κ3) is 2.22. The normalized spacial score (nSPS) is 35.7. The van der Waals surface area contributed by atoms with Crippen LogP contribution in [0.25, 0.3) is 0 Å². The van der Waals surface area contributed by atoms with Gasteiger partial charge in [-0.05, 0) is 32.0 Å². The Morgan fingerprint density at radius 1 is 1.09 bits per heavy atom. The van der Waals surface area contributed by atoms with Gasteiger partial charge in [-0.3, -0.25) is 0 Å². The van der Waals surface area contributed by atoms with Crippen molar-refractivity contribution < 1.29 is 0 Å². The van der Waals surface area contributed by atoms with E-state index < -0.39 is 0 Å². The van der Waals surface area contributed by atoms with E-state index in [1.165, 1.54) is 26.2 Å². The van der Waals surface area contributed by atoms with Crippen LogP contribution in [0.3, 0.4) is 0 Å². The zero-order valence-electron chi connectivity index (χ0n) is 6.75. The van der Waals surface area contributed by atoms with Gasteiger partial charge in [-0.15, -0.1) is 24.8 Å². The lowest BCUT2D eigenvalue weighted by Crippen LogP contribution is -2.21. The fourth-order valence-corrected chi connectivity index (χ4v) is 2.09. The molecule has 2 nitrogen and oxygen atoms in total. The monoisotopic (exact) mass is 198 g/mol. The highest BCUT2D eigenvalue weighted by Crippen LogP contribution is 2.24. The quantitative estimate of drug-likeness (QED) is 0.615. The first-order chi connectivity index (χ1) is 4.36. The summed E-state index contributed by atoms with van der Waals surface area (Å²) in [6.07, 6.45) is 0. The van der Waals surface area contributed by atoms with Crippen molar-refractivity contribution in [3.05, 3.63) is 0 Å². The lowest BCUT2D eigenvalue weighted by molar-refractivity contribution is 0.382. The van der Waals surface area contributed by atoms with Gasteiger partial charge >= 0.3 is 0 Å². The Labute approximate surface area is 80.5 Å². The summed E-state index contributed by atoms with van der Waals surface area (Å²) in [5, 5.41) is 3.42. The van der Waals surface area contributed by atoms with E-state index in [0.29, 0.717) is 0 Å². The summed E-state index contributed by atoms with van der Waals surface area (Å²) in [7, 11) is 2.22. The summed E-state index contributed by atoms with van der Waals surface area (Å²) in [5.41, 5.74) is 0. The molecule has 0 aromatic carbocycles. The first-order valence-corrected chi connectivity index (χ1v) is 3.75. The van der Waals surface area contributed by atoms with Gasteiger partial charge in [0.05, 0.1) is 0 Å². The molecule has 0 spiro atoms. The van der Waals surface area contributed by atoms with Crippen LogP contribution in [0.2, 0.25) is 0 Å². The van der Waals surface area contributed by atoms with Gasteiger partial charge in [0, 0.05) is 13.1 Å². The smallest absolute Gasteiger partial charge is 0.00225 e. The Hall–Kier alpha value is 0.500. The number of nitrogens with zero attached hydrogens (tertiary/aromatic N) is 1. The molecule has 4 heteroatoms. The van der Waals surface area contributed by atoms with E-state index in [2.05, 4.69) is 17.3 Å². The Bertz CT molecular complexity index is 109. The van der Waals surface area contributed by atoms with Crippen molar-refractivity contribution in [2.75, 3.05) is 33.2 Å². The molecule has 2 atom stereocenters. The molecule has 2 rings (SSSR count). The average Bonchev–Trinajstić information content (AvgIpc) is 2.22. The van der Waals surface area contributed by atoms with Gasteiger partial charge in [0.1, 0.15) is 0 Å². The van der Waals surface area contributed by atoms with E-state index >= 15 is 0 Å². The number of hydrogen-bond donors (Lipinski definition) is 1. The van der Waals surface area contributed by atoms with Crippen LogP contribution in [0.1, 0.15) is 0 Å². The average molecular weight is 199 g/mol. The van der Waals surface area contributed by atoms with Crippen LogP contribution in [0, 0.1) is 11.8 Å². The summed E-state index contributed by atoms with van der Waals surface area (Å²) >= 11 is 0. The van der Waals surface area contributed by atoms with Crippen molar-refractivity contribution in [3.63, 3.8) is 0 Å². The molecule has 2 aliphatic heterocycles. The van der Waals surface area contributed by atoms with Crippen LogP contribution < -0.4 is 5.32 Å². The Morgan fingerprint density at radius 2 is 1.55 bits per heavy atom. The fourth-order valence-electron chi connectivity index (χ4n) is 2.09. The van der Waals surface area contributed by atoms with Crippen LogP contribution in [-0.4, -0.2) is 38.1 Å². The molecule has 0 bridgehead atoms. The number of nitrogens with one attached hydrogen (secondary N) is 1. The zero-order chi connectivity index (χ0) is 6.27. The van der Waals surface area contributed by atoms with Crippen molar-refractivity contribution in [2.45, 2.75) is 0 Å². The fraction of sp³-hybridized carbons (Fsp3) is 1.00. The molecule has 0 aliphatic carbocycles. The van der Waals surface area contributed by atoms with E-state index in [0.717, 1.165) is 11.8 Å². The highest BCUT2D eigenvalue weighted by Gasteiger charge is 2.33. The van der Waals surface area contributed by atoms with Crippen molar-refractivity contribution in [1.29, 1.82) is 0 Å².